The van der Waals surface area contributed by atoms with Gasteiger partial charge in [0.2, 0.25) is 0 Å². The summed E-state index contributed by atoms with van der Waals surface area (Å²) in [4.78, 5) is 0. The Labute approximate surface area is 129 Å². The molecule has 1 saturated carbocycles. The third kappa shape index (κ3) is 3.67. The molecule has 1 heterocycles. The molecule has 4 heteroatoms. The molecular weight excluding hydrogens is 262 g/mol. The molecule has 2 unspecified atom stereocenters. The van der Waals surface area contributed by atoms with E-state index in [1.807, 2.05) is 11.7 Å². The van der Waals surface area contributed by atoms with E-state index in [0.29, 0.717) is 18.1 Å². The zero-order chi connectivity index (χ0) is 15.6. The van der Waals surface area contributed by atoms with Gasteiger partial charge in [0, 0.05) is 43.4 Å². The van der Waals surface area contributed by atoms with E-state index in [2.05, 4.69) is 51.2 Å². The zero-order valence-corrected chi connectivity index (χ0v) is 14.4. The van der Waals surface area contributed by atoms with Crippen LogP contribution in [0.3, 0.4) is 0 Å². The van der Waals surface area contributed by atoms with E-state index in [1.54, 1.807) is 0 Å². The molecule has 0 amide bonds. The van der Waals surface area contributed by atoms with Crippen LogP contribution in [0.1, 0.15) is 52.3 Å². The van der Waals surface area contributed by atoms with Crippen LogP contribution in [0.25, 0.3) is 0 Å². The minimum Gasteiger partial charge on any atom is -0.377 e. The average Bonchev–Trinajstić information content (AvgIpc) is 2.76. The molecule has 21 heavy (non-hydrogen) atoms. The van der Waals surface area contributed by atoms with Crippen molar-refractivity contribution in [2.24, 2.45) is 18.4 Å². The maximum Gasteiger partial charge on any atom is 0.0666 e. The van der Waals surface area contributed by atoms with E-state index in [4.69, 9.17) is 4.74 Å². The Kier molecular flexibility index (Phi) is 5.10. The van der Waals surface area contributed by atoms with E-state index < -0.39 is 0 Å². The molecule has 1 aliphatic carbocycles. The van der Waals surface area contributed by atoms with E-state index in [-0.39, 0.29) is 5.41 Å². The molecule has 1 fully saturated rings. The van der Waals surface area contributed by atoms with Gasteiger partial charge >= 0.3 is 0 Å². The SMILES string of the molecule is CCc1nn(C)cc1CNC1CC(OCC(C)C)C1(C)C. The van der Waals surface area contributed by atoms with E-state index in [1.165, 1.54) is 11.3 Å². The smallest absolute Gasteiger partial charge is 0.0666 e. The summed E-state index contributed by atoms with van der Waals surface area (Å²) >= 11 is 0. The molecule has 1 N–H and O–H groups in total. The van der Waals surface area contributed by atoms with Crippen LogP contribution < -0.4 is 5.32 Å². The van der Waals surface area contributed by atoms with Crippen LogP contribution in [0.5, 0.6) is 0 Å². The minimum absolute atomic E-state index is 0.212. The Hall–Kier alpha value is -0.870. The largest absolute Gasteiger partial charge is 0.377 e. The van der Waals surface area contributed by atoms with E-state index in [0.717, 1.165) is 26.0 Å². The summed E-state index contributed by atoms with van der Waals surface area (Å²) in [5.74, 6) is 0.607. The van der Waals surface area contributed by atoms with Crippen molar-refractivity contribution in [2.75, 3.05) is 6.61 Å². The fourth-order valence-electron chi connectivity index (χ4n) is 3.09. The average molecular weight is 293 g/mol. The summed E-state index contributed by atoms with van der Waals surface area (Å²) in [5.41, 5.74) is 2.74. The molecule has 0 saturated heterocycles. The number of hydrogen-bond donors (Lipinski definition) is 1. The van der Waals surface area contributed by atoms with Crippen LogP contribution in [0.4, 0.5) is 0 Å². The molecule has 0 spiro atoms. The molecule has 0 radical (unpaired) electrons. The van der Waals surface area contributed by atoms with E-state index in [9.17, 15) is 0 Å². The van der Waals surface area contributed by atoms with Gasteiger partial charge in [0.05, 0.1) is 11.8 Å². The number of nitrogens with one attached hydrogen (secondary N) is 1. The van der Waals surface area contributed by atoms with Gasteiger partial charge in [-0.25, -0.2) is 0 Å². The minimum atomic E-state index is 0.212. The molecule has 1 aromatic rings. The predicted molar refractivity (Wildman–Crippen MR) is 86.2 cm³/mol. The quantitative estimate of drug-likeness (QED) is 0.840. The van der Waals surface area contributed by atoms with Crippen LogP contribution in [0.15, 0.2) is 6.20 Å². The molecule has 1 aromatic heterocycles. The van der Waals surface area contributed by atoms with Crippen LogP contribution in [-0.4, -0.2) is 28.5 Å². The van der Waals surface area contributed by atoms with Crippen LogP contribution in [0, 0.1) is 11.3 Å². The normalized spacial score (nSPS) is 24.3. The van der Waals surface area contributed by atoms with Gasteiger partial charge in [0.1, 0.15) is 0 Å². The highest BCUT2D eigenvalue weighted by Crippen LogP contribution is 2.43. The van der Waals surface area contributed by atoms with Crippen molar-refractivity contribution in [3.8, 4) is 0 Å². The van der Waals surface area contributed by atoms with Crippen molar-refractivity contribution in [2.45, 2.75) is 66.2 Å². The van der Waals surface area contributed by atoms with Crippen LogP contribution >= 0.6 is 0 Å². The lowest BCUT2D eigenvalue weighted by molar-refractivity contribution is -0.124. The van der Waals surface area contributed by atoms with Crippen molar-refractivity contribution < 1.29 is 4.74 Å². The highest BCUT2D eigenvalue weighted by molar-refractivity contribution is 5.17. The molecule has 0 aromatic carbocycles. The Morgan fingerprint density at radius 1 is 1.48 bits per heavy atom. The van der Waals surface area contributed by atoms with Gasteiger partial charge < -0.3 is 10.1 Å². The lowest BCUT2D eigenvalue weighted by Crippen LogP contribution is -2.60. The first-order valence-electron chi connectivity index (χ1n) is 8.21. The predicted octanol–water partition coefficient (Wildman–Crippen LogP) is 2.91. The first-order chi connectivity index (χ1) is 9.84. The lowest BCUT2D eigenvalue weighted by Gasteiger charge is -2.52. The summed E-state index contributed by atoms with van der Waals surface area (Å²) in [6.45, 7) is 13.0. The van der Waals surface area contributed by atoms with Gasteiger partial charge in [-0.2, -0.15) is 5.10 Å². The van der Waals surface area contributed by atoms with Crippen LogP contribution in [0.2, 0.25) is 0 Å². The van der Waals surface area contributed by atoms with Crippen molar-refractivity contribution in [1.29, 1.82) is 0 Å². The number of hydrogen-bond acceptors (Lipinski definition) is 3. The van der Waals surface area contributed by atoms with Crippen LogP contribution in [-0.2, 0) is 24.8 Å². The van der Waals surface area contributed by atoms with Gasteiger partial charge in [-0.15, -0.1) is 0 Å². The third-order valence-corrected chi connectivity index (χ3v) is 4.67. The summed E-state index contributed by atoms with van der Waals surface area (Å²) in [5, 5.41) is 8.20. The monoisotopic (exact) mass is 293 g/mol. The molecule has 0 bridgehead atoms. The fraction of sp³-hybridized carbons (Fsp3) is 0.824. The zero-order valence-electron chi connectivity index (χ0n) is 14.4. The molecule has 2 atom stereocenters. The summed E-state index contributed by atoms with van der Waals surface area (Å²) in [6.07, 6.45) is 4.62. The van der Waals surface area contributed by atoms with Crippen molar-refractivity contribution in [1.82, 2.24) is 15.1 Å². The number of rotatable bonds is 7. The Bertz CT molecular complexity index is 465. The molecule has 1 aliphatic rings. The fourth-order valence-corrected chi connectivity index (χ4v) is 3.09. The van der Waals surface area contributed by atoms with Gasteiger partial charge in [0.15, 0.2) is 0 Å². The van der Waals surface area contributed by atoms with Crippen molar-refractivity contribution in [3.63, 3.8) is 0 Å². The van der Waals surface area contributed by atoms with Gasteiger partial charge in [0.25, 0.3) is 0 Å². The van der Waals surface area contributed by atoms with Gasteiger partial charge in [-0.1, -0.05) is 34.6 Å². The maximum absolute atomic E-state index is 6.03. The Balaban J connectivity index is 1.85. The second-order valence-corrected chi connectivity index (χ2v) is 7.33. The first-order valence-corrected chi connectivity index (χ1v) is 8.21. The van der Waals surface area contributed by atoms with Gasteiger partial charge in [-0.3, -0.25) is 4.68 Å². The first kappa shape index (κ1) is 16.5. The highest BCUT2D eigenvalue weighted by atomic mass is 16.5. The number of ether oxygens (including phenoxy) is 1. The van der Waals surface area contributed by atoms with E-state index >= 15 is 0 Å². The summed E-state index contributed by atoms with van der Waals surface area (Å²) in [6, 6.07) is 0.527. The molecular formula is C17H31N3O. The van der Waals surface area contributed by atoms with Crippen molar-refractivity contribution >= 4 is 0 Å². The number of aromatic nitrogens is 2. The second kappa shape index (κ2) is 6.49. The summed E-state index contributed by atoms with van der Waals surface area (Å²) < 4.78 is 7.94. The van der Waals surface area contributed by atoms with Crippen molar-refractivity contribution in [3.05, 3.63) is 17.5 Å². The lowest BCUT2D eigenvalue weighted by atomic mass is 9.64. The Morgan fingerprint density at radius 2 is 2.19 bits per heavy atom. The molecule has 0 aliphatic heterocycles. The third-order valence-electron chi connectivity index (χ3n) is 4.67. The Morgan fingerprint density at radius 3 is 2.76 bits per heavy atom. The maximum atomic E-state index is 6.03. The second-order valence-electron chi connectivity index (χ2n) is 7.33. The topological polar surface area (TPSA) is 39.1 Å². The summed E-state index contributed by atoms with van der Waals surface area (Å²) in [7, 11) is 1.99. The number of aryl methyl sites for hydroxylation is 2. The molecule has 4 nitrogen and oxygen atoms in total. The standard InChI is InChI=1S/C17H31N3O/c1-7-14-13(10-20(6)19-14)9-18-15-8-16(17(15,4)5)21-11-12(2)3/h10,12,15-16,18H,7-9,11H2,1-6H3. The molecule has 2 rings (SSSR count). The highest BCUT2D eigenvalue weighted by Gasteiger charge is 2.48. The molecule has 120 valence electrons. The number of nitrogens with zero attached hydrogens (tertiary/aromatic N) is 2. The van der Waals surface area contributed by atoms with Gasteiger partial charge in [-0.05, 0) is 18.8 Å².